The van der Waals surface area contributed by atoms with E-state index in [0.29, 0.717) is 73.1 Å². The molecule has 2 heterocycles. The van der Waals surface area contributed by atoms with E-state index >= 15 is 0 Å². The fraction of sp³-hybridized carbons (Fsp3) is 0.320. The standard InChI is InChI=1S/C25H26FN5O2/c1-3-33-23-8-5-4-7-21(23)29-25(32)31-10-6-9-30(11-12-31)24-19(16-27)14-18-13-17(2)20(26)15-22(18)28-24/h4-5,7-8,13-15H,3,6,9-12H2,1-2H3,(H,29,32). The van der Waals surface area contributed by atoms with E-state index in [2.05, 4.69) is 16.4 Å². The minimum absolute atomic E-state index is 0.200. The van der Waals surface area contributed by atoms with Crippen molar-refractivity contribution in [2.45, 2.75) is 20.3 Å². The maximum atomic E-state index is 14.1. The van der Waals surface area contributed by atoms with E-state index in [1.54, 1.807) is 24.0 Å². The molecule has 4 rings (SSSR count). The van der Waals surface area contributed by atoms with Gasteiger partial charge in [-0.15, -0.1) is 0 Å². The van der Waals surface area contributed by atoms with Gasteiger partial charge in [-0.3, -0.25) is 0 Å². The smallest absolute Gasteiger partial charge is 0.322 e. The van der Waals surface area contributed by atoms with Gasteiger partial charge in [0.15, 0.2) is 0 Å². The van der Waals surface area contributed by atoms with Gasteiger partial charge >= 0.3 is 6.03 Å². The molecule has 33 heavy (non-hydrogen) atoms. The highest BCUT2D eigenvalue weighted by atomic mass is 19.1. The lowest BCUT2D eigenvalue weighted by atomic mass is 10.1. The van der Waals surface area contributed by atoms with E-state index in [4.69, 9.17) is 4.74 Å². The fourth-order valence-corrected chi connectivity index (χ4v) is 4.00. The van der Waals surface area contributed by atoms with Crippen molar-refractivity contribution in [1.29, 1.82) is 5.26 Å². The monoisotopic (exact) mass is 447 g/mol. The Kier molecular flexibility index (Phi) is 6.59. The molecule has 2 amide bonds. The summed E-state index contributed by atoms with van der Waals surface area (Å²) in [5, 5.41) is 13.4. The highest BCUT2D eigenvalue weighted by Crippen LogP contribution is 2.27. The van der Waals surface area contributed by atoms with Gasteiger partial charge in [0, 0.05) is 37.6 Å². The lowest BCUT2D eigenvalue weighted by Crippen LogP contribution is -2.38. The second kappa shape index (κ2) is 9.74. The number of nitriles is 1. The van der Waals surface area contributed by atoms with Crippen LogP contribution in [0, 0.1) is 24.1 Å². The van der Waals surface area contributed by atoms with Gasteiger partial charge < -0.3 is 19.9 Å². The number of benzene rings is 2. The number of amides is 2. The number of nitrogens with one attached hydrogen (secondary N) is 1. The van der Waals surface area contributed by atoms with Crippen LogP contribution in [-0.2, 0) is 0 Å². The number of fused-ring (bicyclic) bond motifs is 1. The van der Waals surface area contributed by atoms with Gasteiger partial charge in [-0.25, -0.2) is 14.2 Å². The van der Waals surface area contributed by atoms with Crippen LogP contribution in [-0.4, -0.2) is 48.7 Å². The number of aromatic nitrogens is 1. The fourth-order valence-electron chi connectivity index (χ4n) is 4.00. The second-order valence-electron chi connectivity index (χ2n) is 7.95. The third kappa shape index (κ3) is 4.82. The number of hydrogen-bond acceptors (Lipinski definition) is 5. The van der Waals surface area contributed by atoms with E-state index in [1.807, 2.05) is 36.1 Å². The SMILES string of the molecule is CCOc1ccccc1NC(=O)N1CCCN(c2nc3cc(F)c(C)cc3cc2C#N)CC1. The maximum Gasteiger partial charge on any atom is 0.322 e. The normalized spacial score (nSPS) is 14.0. The van der Waals surface area contributed by atoms with Crippen LogP contribution < -0.4 is 15.0 Å². The number of rotatable bonds is 4. The number of urea groups is 1. The highest BCUT2D eigenvalue weighted by molar-refractivity contribution is 5.91. The topological polar surface area (TPSA) is 81.5 Å². The molecule has 0 spiro atoms. The average molecular weight is 448 g/mol. The molecule has 1 aromatic heterocycles. The first kappa shape index (κ1) is 22.3. The minimum Gasteiger partial charge on any atom is -0.492 e. The number of pyridine rings is 1. The van der Waals surface area contributed by atoms with Gasteiger partial charge in [0.2, 0.25) is 0 Å². The van der Waals surface area contributed by atoms with Crippen molar-refractivity contribution >= 4 is 28.4 Å². The summed E-state index contributed by atoms with van der Waals surface area (Å²) in [4.78, 5) is 21.3. The van der Waals surface area contributed by atoms with E-state index in [0.717, 1.165) is 5.39 Å². The Hall–Kier alpha value is -3.86. The van der Waals surface area contributed by atoms with Gasteiger partial charge in [0.05, 0.1) is 23.4 Å². The second-order valence-corrected chi connectivity index (χ2v) is 7.95. The third-order valence-electron chi connectivity index (χ3n) is 5.71. The van der Waals surface area contributed by atoms with Crippen LogP contribution in [0.1, 0.15) is 24.5 Å². The number of para-hydroxylation sites is 2. The first-order valence-electron chi connectivity index (χ1n) is 11.0. The molecule has 1 N–H and O–H groups in total. The molecule has 3 aromatic rings. The van der Waals surface area contributed by atoms with Crippen LogP contribution in [0.15, 0.2) is 42.5 Å². The van der Waals surface area contributed by atoms with Crippen LogP contribution >= 0.6 is 0 Å². The molecule has 0 aliphatic carbocycles. The summed E-state index contributed by atoms with van der Waals surface area (Å²) in [5.41, 5.74) is 2.10. The molecule has 0 saturated carbocycles. The Morgan fingerprint density at radius 1 is 1.21 bits per heavy atom. The van der Waals surface area contributed by atoms with Crippen molar-refractivity contribution < 1.29 is 13.9 Å². The van der Waals surface area contributed by atoms with Crippen LogP contribution in [0.3, 0.4) is 0 Å². The number of aryl methyl sites for hydroxylation is 1. The quantitative estimate of drug-likeness (QED) is 0.627. The van der Waals surface area contributed by atoms with Crippen molar-refractivity contribution in [3.63, 3.8) is 0 Å². The average Bonchev–Trinajstić information content (AvgIpc) is 3.07. The number of ether oxygens (including phenoxy) is 1. The first-order chi connectivity index (χ1) is 16.0. The molecular weight excluding hydrogens is 421 g/mol. The zero-order chi connectivity index (χ0) is 23.4. The summed E-state index contributed by atoms with van der Waals surface area (Å²) in [6.07, 6.45) is 0.716. The van der Waals surface area contributed by atoms with E-state index < -0.39 is 0 Å². The number of anilines is 2. The molecular formula is C25H26FN5O2. The maximum absolute atomic E-state index is 14.1. The molecule has 2 aromatic carbocycles. The number of nitrogens with zero attached hydrogens (tertiary/aromatic N) is 4. The summed E-state index contributed by atoms with van der Waals surface area (Å²) in [6, 6.07) is 14.2. The summed E-state index contributed by atoms with van der Waals surface area (Å²) in [6.45, 7) is 6.29. The summed E-state index contributed by atoms with van der Waals surface area (Å²) in [7, 11) is 0. The van der Waals surface area contributed by atoms with E-state index in [-0.39, 0.29) is 11.8 Å². The minimum atomic E-state index is -0.322. The molecule has 7 nitrogen and oxygen atoms in total. The van der Waals surface area contributed by atoms with Gasteiger partial charge in [0.25, 0.3) is 0 Å². The van der Waals surface area contributed by atoms with Crippen LogP contribution in [0.2, 0.25) is 0 Å². The number of hydrogen-bond donors (Lipinski definition) is 1. The molecule has 1 aliphatic rings. The van der Waals surface area contributed by atoms with E-state index in [9.17, 15) is 14.4 Å². The lowest BCUT2D eigenvalue weighted by Gasteiger charge is -2.24. The summed E-state index contributed by atoms with van der Waals surface area (Å²) < 4.78 is 19.7. The van der Waals surface area contributed by atoms with E-state index in [1.165, 1.54) is 6.07 Å². The predicted molar refractivity (Wildman–Crippen MR) is 126 cm³/mol. The Morgan fingerprint density at radius 3 is 2.82 bits per heavy atom. The number of halogens is 1. The van der Waals surface area contributed by atoms with Crippen molar-refractivity contribution in [3.8, 4) is 11.8 Å². The van der Waals surface area contributed by atoms with Crippen LogP contribution in [0.25, 0.3) is 10.9 Å². The predicted octanol–water partition coefficient (Wildman–Crippen LogP) is 4.70. The Morgan fingerprint density at radius 2 is 2.03 bits per heavy atom. The van der Waals surface area contributed by atoms with Gasteiger partial charge in [-0.1, -0.05) is 12.1 Å². The molecule has 0 atom stereocenters. The Balaban J connectivity index is 1.51. The highest BCUT2D eigenvalue weighted by Gasteiger charge is 2.23. The molecule has 1 saturated heterocycles. The molecule has 0 unspecified atom stereocenters. The molecule has 0 bridgehead atoms. The lowest BCUT2D eigenvalue weighted by molar-refractivity contribution is 0.215. The van der Waals surface area contributed by atoms with Crippen molar-refractivity contribution in [2.75, 3.05) is 43.0 Å². The molecule has 1 aliphatic heterocycles. The van der Waals surface area contributed by atoms with Gasteiger partial charge in [-0.2, -0.15) is 5.26 Å². The molecule has 8 heteroatoms. The Bertz CT molecular complexity index is 1220. The van der Waals surface area contributed by atoms with Crippen molar-refractivity contribution in [3.05, 3.63) is 59.4 Å². The molecule has 0 radical (unpaired) electrons. The number of carbonyl (C=O) groups is 1. The Labute approximate surface area is 192 Å². The number of carbonyl (C=O) groups excluding carboxylic acids is 1. The summed E-state index contributed by atoms with van der Waals surface area (Å²) >= 11 is 0. The van der Waals surface area contributed by atoms with Crippen LogP contribution in [0.4, 0.5) is 20.7 Å². The van der Waals surface area contributed by atoms with Gasteiger partial charge in [0.1, 0.15) is 23.5 Å². The van der Waals surface area contributed by atoms with Gasteiger partial charge in [-0.05, 0) is 50.1 Å². The molecule has 1 fully saturated rings. The third-order valence-corrected chi connectivity index (χ3v) is 5.71. The van der Waals surface area contributed by atoms with Crippen molar-refractivity contribution in [2.24, 2.45) is 0 Å². The zero-order valence-electron chi connectivity index (χ0n) is 18.8. The zero-order valence-corrected chi connectivity index (χ0v) is 18.8. The molecule has 170 valence electrons. The first-order valence-corrected chi connectivity index (χ1v) is 11.0. The largest absolute Gasteiger partial charge is 0.492 e. The van der Waals surface area contributed by atoms with Crippen LogP contribution in [0.5, 0.6) is 5.75 Å². The van der Waals surface area contributed by atoms with Crippen molar-refractivity contribution in [1.82, 2.24) is 9.88 Å². The summed E-state index contributed by atoms with van der Waals surface area (Å²) in [5.74, 6) is 0.834.